The lowest BCUT2D eigenvalue weighted by Crippen LogP contribution is -2.15. The second kappa shape index (κ2) is 8.90. The van der Waals surface area contributed by atoms with E-state index in [1.165, 1.54) is 6.07 Å². The second-order valence-corrected chi connectivity index (χ2v) is 5.17. The van der Waals surface area contributed by atoms with Gasteiger partial charge in [-0.25, -0.2) is 4.39 Å². The molecule has 122 valence electrons. The number of hydrogen-bond donors (Lipinski definition) is 2. The summed E-state index contributed by atoms with van der Waals surface area (Å²) in [5.41, 5.74) is 2.06. The maximum Gasteiger partial charge on any atom is 0.228 e. The number of carbonyl (C=O) groups is 1. The number of carbonyl (C=O) groups excluding carboxylic acids is 1. The SMILES string of the molecule is COCCCNc1ccc(NC(=O)Cc2ccccc2F)cc1. The highest BCUT2D eigenvalue weighted by Gasteiger charge is 2.07. The zero-order valence-corrected chi connectivity index (χ0v) is 13.1. The van der Waals surface area contributed by atoms with Crippen LogP contribution in [0.4, 0.5) is 15.8 Å². The van der Waals surface area contributed by atoms with E-state index in [1.807, 2.05) is 24.3 Å². The van der Waals surface area contributed by atoms with Crippen molar-refractivity contribution in [3.8, 4) is 0 Å². The lowest BCUT2D eigenvalue weighted by molar-refractivity contribution is -0.115. The van der Waals surface area contributed by atoms with Crippen molar-refractivity contribution in [3.63, 3.8) is 0 Å². The summed E-state index contributed by atoms with van der Waals surface area (Å²) < 4.78 is 18.5. The maximum atomic E-state index is 13.5. The van der Waals surface area contributed by atoms with Crippen LogP contribution in [0.3, 0.4) is 0 Å². The molecule has 0 aliphatic heterocycles. The molecule has 0 heterocycles. The number of hydrogen-bond acceptors (Lipinski definition) is 3. The standard InChI is InChI=1S/C18H21FN2O2/c1-23-12-4-11-20-15-7-9-16(10-8-15)21-18(22)13-14-5-2-3-6-17(14)19/h2-3,5-10,20H,4,11-13H2,1H3,(H,21,22). The van der Waals surface area contributed by atoms with Crippen LogP contribution in [0.15, 0.2) is 48.5 Å². The first-order chi connectivity index (χ1) is 11.2. The minimum atomic E-state index is -0.363. The fraction of sp³-hybridized carbons (Fsp3) is 0.278. The highest BCUT2D eigenvalue weighted by Crippen LogP contribution is 2.14. The minimum absolute atomic E-state index is 0.0176. The Hall–Kier alpha value is -2.40. The summed E-state index contributed by atoms with van der Waals surface area (Å²) in [6.45, 7) is 1.55. The molecule has 0 fully saturated rings. The number of amides is 1. The van der Waals surface area contributed by atoms with Crippen LogP contribution in [0.25, 0.3) is 0 Å². The molecule has 0 unspecified atom stereocenters. The molecule has 0 spiro atoms. The van der Waals surface area contributed by atoms with Gasteiger partial charge in [0, 0.05) is 31.6 Å². The van der Waals surface area contributed by atoms with E-state index in [-0.39, 0.29) is 18.1 Å². The Morgan fingerprint density at radius 1 is 1.09 bits per heavy atom. The Kier molecular flexibility index (Phi) is 6.56. The van der Waals surface area contributed by atoms with Gasteiger partial charge in [0.15, 0.2) is 0 Å². The normalized spacial score (nSPS) is 10.3. The topological polar surface area (TPSA) is 50.4 Å². The molecule has 0 aromatic heterocycles. The molecule has 2 aromatic carbocycles. The number of rotatable bonds is 8. The first-order valence-electron chi connectivity index (χ1n) is 7.55. The quantitative estimate of drug-likeness (QED) is 0.733. The molecule has 2 aromatic rings. The van der Waals surface area contributed by atoms with Crippen LogP contribution < -0.4 is 10.6 Å². The van der Waals surface area contributed by atoms with Crippen molar-refractivity contribution in [1.82, 2.24) is 0 Å². The third-order valence-electron chi connectivity index (χ3n) is 3.33. The second-order valence-electron chi connectivity index (χ2n) is 5.17. The lowest BCUT2D eigenvalue weighted by Gasteiger charge is -2.09. The van der Waals surface area contributed by atoms with Crippen LogP contribution in [-0.2, 0) is 16.0 Å². The van der Waals surface area contributed by atoms with E-state index in [4.69, 9.17) is 4.74 Å². The van der Waals surface area contributed by atoms with Crippen LogP contribution in [0.1, 0.15) is 12.0 Å². The molecule has 5 heteroatoms. The molecule has 0 radical (unpaired) electrons. The number of methoxy groups -OCH3 is 1. The molecule has 0 saturated heterocycles. The number of anilines is 2. The Balaban J connectivity index is 1.83. The molecule has 0 aliphatic carbocycles. The highest BCUT2D eigenvalue weighted by molar-refractivity contribution is 5.92. The Morgan fingerprint density at radius 3 is 2.48 bits per heavy atom. The van der Waals surface area contributed by atoms with Crippen molar-refractivity contribution in [2.75, 3.05) is 30.9 Å². The van der Waals surface area contributed by atoms with Gasteiger partial charge in [-0.3, -0.25) is 4.79 Å². The van der Waals surface area contributed by atoms with Gasteiger partial charge in [-0.15, -0.1) is 0 Å². The largest absolute Gasteiger partial charge is 0.385 e. The number of nitrogens with one attached hydrogen (secondary N) is 2. The summed E-state index contributed by atoms with van der Waals surface area (Å²) >= 11 is 0. The number of halogens is 1. The van der Waals surface area contributed by atoms with Gasteiger partial charge in [-0.2, -0.15) is 0 Å². The van der Waals surface area contributed by atoms with E-state index < -0.39 is 0 Å². The molecule has 0 saturated carbocycles. The summed E-state index contributed by atoms with van der Waals surface area (Å²) in [5, 5.41) is 6.03. The van der Waals surface area contributed by atoms with Gasteiger partial charge in [-0.1, -0.05) is 18.2 Å². The monoisotopic (exact) mass is 316 g/mol. The van der Waals surface area contributed by atoms with Crippen LogP contribution >= 0.6 is 0 Å². The van der Waals surface area contributed by atoms with E-state index in [0.29, 0.717) is 11.3 Å². The molecule has 1 amide bonds. The van der Waals surface area contributed by atoms with Crippen molar-refractivity contribution in [2.45, 2.75) is 12.8 Å². The Labute approximate surface area is 135 Å². The number of ether oxygens (including phenoxy) is 1. The van der Waals surface area contributed by atoms with Crippen LogP contribution in [0.2, 0.25) is 0 Å². The van der Waals surface area contributed by atoms with Gasteiger partial charge >= 0.3 is 0 Å². The van der Waals surface area contributed by atoms with Gasteiger partial charge in [0.05, 0.1) is 6.42 Å². The first-order valence-corrected chi connectivity index (χ1v) is 7.55. The van der Waals surface area contributed by atoms with E-state index in [9.17, 15) is 9.18 Å². The van der Waals surface area contributed by atoms with Crippen molar-refractivity contribution in [3.05, 3.63) is 59.9 Å². The Morgan fingerprint density at radius 2 is 1.78 bits per heavy atom. The molecule has 4 nitrogen and oxygen atoms in total. The predicted molar refractivity (Wildman–Crippen MR) is 90.2 cm³/mol. The van der Waals surface area contributed by atoms with Crippen molar-refractivity contribution in [2.24, 2.45) is 0 Å². The van der Waals surface area contributed by atoms with Gasteiger partial charge in [0.2, 0.25) is 5.91 Å². The molecular formula is C18H21FN2O2. The van der Waals surface area contributed by atoms with Crippen LogP contribution in [0, 0.1) is 5.82 Å². The summed E-state index contributed by atoms with van der Waals surface area (Å²) in [7, 11) is 1.68. The maximum absolute atomic E-state index is 13.5. The third-order valence-corrected chi connectivity index (χ3v) is 3.33. The average molecular weight is 316 g/mol. The van der Waals surface area contributed by atoms with Crippen LogP contribution in [0.5, 0.6) is 0 Å². The first kappa shape index (κ1) is 17.0. The summed E-state index contributed by atoms with van der Waals surface area (Å²) in [4.78, 5) is 12.0. The average Bonchev–Trinajstić information content (AvgIpc) is 2.55. The van der Waals surface area contributed by atoms with E-state index in [2.05, 4.69) is 10.6 Å². The molecule has 0 aliphatic rings. The molecule has 2 rings (SSSR count). The molecule has 23 heavy (non-hydrogen) atoms. The summed E-state index contributed by atoms with van der Waals surface area (Å²) in [5.74, 6) is -0.603. The van der Waals surface area contributed by atoms with Gasteiger partial charge in [0.25, 0.3) is 0 Å². The van der Waals surface area contributed by atoms with Gasteiger partial charge < -0.3 is 15.4 Å². The third kappa shape index (κ3) is 5.71. The molecule has 2 N–H and O–H groups in total. The van der Waals surface area contributed by atoms with Crippen LogP contribution in [-0.4, -0.2) is 26.2 Å². The zero-order valence-electron chi connectivity index (χ0n) is 13.1. The fourth-order valence-electron chi connectivity index (χ4n) is 2.14. The predicted octanol–water partition coefficient (Wildman–Crippen LogP) is 3.46. The number of benzene rings is 2. The van der Waals surface area contributed by atoms with Crippen molar-refractivity contribution < 1.29 is 13.9 Å². The van der Waals surface area contributed by atoms with Gasteiger partial charge in [0.1, 0.15) is 5.82 Å². The Bertz CT molecular complexity index is 629. The van der Waals surface area contributed by atoms with E-state index >= 15 is 0 Å². The zero-order chi connectivity index (χ0) is 16.5. The van der Waals surface area contributed by atoms with E-state index in [1.54, 1.807) is 25.3 Å². The van der Waals surface area contributed by atoms with E-state index in [0.717, 1.165) is 25.3 Å². The van der Waals surface area contributed by atoms with Crippen molar-refractivity contribution in [1.29, 1.82) is 0 Å². The summed E-state index contributed by atoms with van der Waals surface area (Å²) in [6, 6.07) is 13.7. The molecular weight excluding hydrogens is 295 g/mol. The molecule has 0 atom stereocenters. The fourth-order valence-corrected chi connectivity index (χ4v) is 2.14. The minimum Gasteiger partial charge on any atom is -0.385 e. The van der Waals surface area contributed by atoms with Gasteiger partial charge in [-0.05, 0) is 42.3 Å². The summed E-state index contributed by atoms with van der Waals surface area (Å²) in [6.07, 6.45) is 0.946. The van der Waals surface area contributed by atoms with Crippen molar-refractivity contribution >= 4 is 17.3 Å². The highest BCUT2D eigenvalue weighted by atomic mass is 19.1. The lowest BCUT2D eigenvalue weighted by atomic mass is 10.1. The molecule has 0 bridgehead atoms. The smallest absolute Gasteiger partial charge is 0.228 e.